The van der Waals surface area contributed by atoms with Gasteiger partial charge in [0.15, 0.2) is 0 Å². The summed E-state index contributed by atoms with van der Waals surface area (Å²) < 4.78 is 1.58. The van der Waals surface area contributed by atoms with Gasteiger partial charge in [0, 0.05) is 24.5 Å². The molecule has 0 radical (unpaired) electrons. The number of aromatic nitrogens is 1. The first-order chi connectivity index (χ1) is 7.58. The summed E-state index contributed by atoms with van der Waals surface area (Å²) >= 11 is 0. The first kappa shape index (κ1) is 10.3. The third-order valence-electron chi connectivity index (χ3n) is 2.44. The van der Waals surface area contributed by atoms with Crippen LogP contribution in [0.1, 0.15) is 10.5 Å². The number of nitrogens with zero attached hydrogens (tertiary/aromatic N) is 1. The van der Waals surface area contributed by atoms with Crippen molar-refractivity contribution < 1.29 is 9.90 Å². The molecule has 0 spiro atoms. The lowest BCUT2D eigenvalue weighted by molar-refractivity contribution is 0.0686. The second kappa shape index (κ2) is 3.73. The van der Waals surface area contributed by atoms with Gasteiger partial charge < -0.3 is 15.4 Å². The zero-order valence-electron chi connectivity index (χ0n) is 8.84. The fourth-order valence-corrected chi connectivity index (χ4v) is 1.65. The molecule has 3 N–H and O–H groups in total. The molecule has 82 valence electrons. The van der Waals surface area contributed by atoms with Crippen LogP contribution in [0.3, 0.4) is 0 Å². The smallest absolute Gasteiger partial charge is 0.352 e. The van der Waals surface area contributed by atoms with Crippen molar-refractivity contribution in [2.45, 2.75) is 0 Å². The Kier molecular flexibility index (Phi) is 2.40. The highest BCUT2D eigenvalue weighted by Gasteiger charge is 2.10. The van der Waals surface area contributed by atoms with Gasteiger partial charge in [0.1, 0.15) is 5.69 Å². The molecule has 16 heavy (non-hydrogen) atoms. The van der Waals surface area contributed by atoms with Gasteiger partial charge in [0.2, 0.25) is 0 Å². The summed E-state index contributed by atoms with van der Waals surface area (Å²) in [4.78, 5) is 10.9. The lowest BCUT2D eigenvalue weighted by atomic mass is 10.1. The van der Waals surface area contributed by atoms with Gasteiger partial charge in [-0.1, -0.05) is 12.1 Å². The van der Waals surface area contributed by atoms with Crippen LogP contribution in [0.5, 0.6) is 0 Å². The second-order valence-corrected chi connectivity index (χ2v) is 3.66. The van der Waals surface area contributed by atoms with E-state index in [1.165, 1.54) is 0 Å². The maximum Gasteiger partial charge on any atom is 0.352 e. The number of benzene rings is 1. The Labute approximate surface area is 92.9 Å². The van der Waals surface area contributed by atoms with Crippen LogP contribution in [0, 0.1) is 0 Å². The van der Waals surface area contributed by atoms with E-state index in [2.05, 4.69) is 0 Å². The zero-order valence-corrected chi connectivity index (χ0v) is 8.84. The fourth-order valence-electron chi connectivity index (χ4n) is 1.65. The standard InChI is InChI=1S/C12H12N2O2/c1-14-7-9(6-11(14)12(15)16)8-3-2-4-10(13)5-8/h2-7H,13H2,1H3,(H,15,16). The van der Waals surface area contributed by atoms with Gasteiger partial charge in [0.25, 0.3) is 0 Å². The SMILES string of the molecule is Cn1cc(-c2cccc(N)c2)cc1C(=O)O. The molecule has 1 aromatic carbocycles. The molecule has 4 nitrogen and oxygen atoms in total. The predicted octanol–water partition coefficient (Wildman–Crippen LogP) is 1.97. The number of nitrogens with two attached hydrogens (primary N) is 1. The molecule has 2 rings (SSSR count). The minimum atomic E-state index is -0.933. The van der Waals surface area contributed by atoms with Crippen LogP contribution in [0.25, 0.3) is 11.1 Å². The number of carboxylic acid groups (broad SMARTS) is 1. The molecular formula is C12H12N2O2. The fraction of sp³-hybridized carbons (Fsp3) is 0.0833. The van der Waals surface area contributed by atoms with E-state index in [4.69, 9.17) is 10.8 Å². The largest absolute Gasteiger partial charge is 0.477 e. The number of aromatic carboxylic acids is 1. The Hall–Kier alpha value is -2.23. The van der Waals surface area contributed by atoms with Gasteiger partial charge in [-0.25, -0.2) is 4.79 Å². The van der Waals surface area contributed by atoms with Crippen molar-refractivity contribution in [3.63, 3.8) is 0 Å². The van der Waals surface area contributed by atoms with Gasteiger partial charge in [-0.15, -0.1) is 0 Å². The molecule has 0 aliphatic rings. The molecule has 0 bridgehead atoms. The van der Waals surface area contributed by atoms with E-state index in [0.29, 0.717) is 5.69 Å². The number of carbonyl (C=O) groups is 1. The molecule has 0 aliphatic carbocycles. The van der Waals surface area contributed by atoms with Gasteiger partial charge >= 0.3 is 5.97 Å². The lowest BCUT2D eigenvalue weighted by Gasteiger charge is -1.98. The average Bonchev–Trinajstić information content (AvgIpc) is 2.60. The maximum atomic E-state index is 10.9. The van der Waals surface area contributed by atoms with Crippen LogP contribution < -0.4 is 5.73 Å². The maximum absolute atomic E-state index is 10.9. The number of aryl methyl sites for hydroxylation is 1. The Morgan fingerprint density at radius 3 is 2.62 bits per heavy atom. The minimum Gasteiger partial charge on any atom is -0.477 e. The lowest BCUT2D eigenvalue weighted by Crippen LogP contribution is -2.02. The topological polar surface area (TPSA) is 68.2 Å². The normalized spacial score (nSPS) is 10.3. The number of nitrogen functional groups attached to an aromatic ring is 1. The van der Waals surface area contributed by atoms with E-state index >= 15 is 0 Å². The summed E-state index contributed by atoms with van der Waals surface area (Å²) in [6, 6.07) is 9.00. The number of hydrogen-bond acceptors (Lipinski definition) is 2. The highest BCUT2D eigenvalue weighted by Crippen LogP contribution is 2.23. The number of rotatable bonds is 2. The van der Waals surface area contributed by atoms with Crippen LogP contribution in [-0.4, -0.2) is 15.6 Å². The Morgan fingerprint density at radius 1 is 1.31 bits per heavy atom. The molecule has 0 fully saturated rings. The minimum absolute atomic E-state index is 0.262. The van der Waals surface area contributed by atoms with E-state index < -0.39 is 5.97 Å². The number of anilines is 1. The highest BCUT2D eigenvalue weighted by atomic mass is 16.4. The molecule has 0 unspecified atom stereocenters. The van der Waals surface area contributed by atoms with Crippen molar-refractivity contribution >= 4 is 11.7 Å². The number of carboxylic acids is 1. The third kappa shape index (κ3) is 1.77. The van der Waals surface area contributed by atoms with Crippen LogP contribution in [0.4, 0.5) is 5.69 Å². The van der Waals surface area contributed by atoms with Crippen molar-refractivity contribution in [1.29, 1.82) is 0 Å². The summed E-state index contributed by atoms with van der Waals surface area (Å²) in [7, 11) is 1.71. The monoisotopic (exact) mass is 216 g/mol. The van der Waals surface area contributed by atoms with E-state index in [1.54, 1.807) is 29.9 Å². The average molecular weight is 216 g/mol. The summed E-state index contributed by atoms with van der Waals surface area (Å²) in [5, 5.41) is 8.93. The molecule has 0 saturated carbocycles. The molecule has 1 aromatic heterocycles. The molecule has 2 aromatic rings. The summed E-state index contributed by atoms with van der Waals surface area (Å²) in [5.74, 6) is -0.933. The van der Waals surface area contributed by atoms with E-state index in [9.17, 15) is 4.79 Å². The summed E-state index contributed by atoms with van der Waals surface area (Å²) in [6.45, 7) is 0. The molecule has 4 heteroatoms. The molecule has 0 saturated heterocycles. The summed E-state index contributed by atoms with van der Waals surface area (Å²) in [5.41, 5.74) is 8.38. The zero-order chi connectivity index (χ0) is 11.7. The van der Waals surface area contributed by atoms with E-state index in [0.717, 1.165) is 11.1 Å². The van der Waals surface area contributed by atoms with Crippen molar-refractivity contribution in [1.82, 2.24) is 4.57 Å². The van der Waals surface area contributed by atoms with Crippen molar-refractivity contribution in [3.05, 3.63) is 42.2 Å². The van der Waals surface area contributed by atoms with Crippen molar-refractivity contribution in [2.75, 3.05) is 5.73 Å². The molecule has 0 amide bonds. The van der Waals surface area contributed by atoms with Crippen LogP contribution in [0.2, 0.25) is 0 Å². The number of hydrogen-bond donors (Lipinski definition) is 2. The van der Waals surface area contributed by atoms with Gasteiger partial charge in [-0.05, 0) is 23.8 Å². The molecule has 0 aliphatic heterocycles. The van der Waals surface area contributed by atoms with Gasteiger partial charge in [0.05, 0.1) is 0 Å². The quantitative estimate of drug-likeness (QED) is 0.754. The van der Waals surface area contributed by atoms with E-state index in [1.807, 2.05) is 18.2 Å². The second-order valence-electron chi connectivity index (χ2n) is 3.66. The molecule has 1 heterocycles. The highest BCUT2D eigenvalue weighted by molar-refractivity contribution is 5.88. The van der Waals surface area contributed by atoms with Crippen molar-refractivity contribution in [2.24, 2.45) is 7.05 Å². The van der Waals surface area contributed by atoms with Crippen LogP contribution >= 0.6 is 0 Å². The van der Waals surface area contributed by atoms with Gasteiger partial charge in [-0.3, -0.25) is 0 Å². The Bertz CT molecular complexity index is 544. The van der Waals surface area contributed by atoms with E-state index in [-0.39, 0.29) is 5.69 Å². The predicted molar refractivity (Wildman–Crippen MR) is 62.2 cm³/mol. The molecular weight excluding hydrogens is 204 g/mol. The Morgan fingerprint density at radius 2 is 2.06 bits per heavy atom. The first-order valence-electron chi connectivity index (χ1n) is 4.83. The van der Waals surface area contributed by atoms with Crippen molar-refractivity contribution in [3.8, 4) is 11.1 Å². The first-order valence-corrected chi connectivity index (χ1v) is 4.83. The molecule has 0 atom stereocenters. The van der Waals surface area contributed by atoms with Crippen LogP contribution in [-0.2, 0) is 7.05 Å². The third-order valence-corrected chi connectivity index (χ3v) is 2.44. The summed E-state index contributed by atoms with van der Waals surface area (Å²) in [6.07, 6.45) is 1.78. The van der Waals surface area contributed by atoms with Gasteiger partial charge in [-0.2, -0.15) is 0 Å². The Balaban J connectivity index is 2.49. The van der Waals surface area contributed by atoms with Crippen LogP contribution in [0.15, 0.2) is 36.5 Å².